The quantitative estimate of drug-likeness (QED) is 0.848. The second-order valence-electron chi connectivity index (χ2n) is 8.17. The Balaban J connectivity index is 0.00000264. The fourth-order valence-corrected chi connectivity index (χ4v) is 3.84. The van der Waals surface area contributed by atoms with Crippen molar-refractivity contribution in [1.82, 2.24) is 15.1 Å². The lowest BCUT2D eigenvalue weighted by Gasteiger charge is -2.42. The van der Waals surface area contributed by atoms with Gasteiger partial charge in [0.15, 0.2) is 0 Å². The maximum atomic E-state index is 9.60. The van der Waals surface area contributed by atoms with Crippen molar-refractivity contribution >= 4 is 0 Å². The van der Waals surface area contributed by atoms with Crippen molar-refractivity contribution in [2.45, 2.75) is 70.4 Å². The van der Waals surface area contributed by atoms with Gasteiger partial charge in [0.25, 0.3) is 0 Å². The molecule has 0 unspecified atom stereocenters. The van der Waals surface area contributed by atoms with Gasteiger partial charge in [0.2, 0.25) is 0 Å². The monoisotopic (exact) mass is 308 g/mol. The molecular weight excluding hydrogens is 272 g/mol. The molecule has 0 amide bonds. The molecule has 2 heterocycles. The zero-order valence-electron chi connectivity index (χ0n) is 14.8. The lowest BCUT2D eigenvalue weighted by molar-refractivity contribution is 0.137. The number of piperidine rings is 2. The highest BCUT2D eigenvalue weighted by Crippen LogP contribution is 2.24. The summed E-state index contributed by atoms with van der Waals surface area (Å²) in [7, 11) is 0. The van der Waals surface area contributed by atoms with Crippen molar-refractivity contribution in [3.63, 3.8) is 0 Å². The molecule has 2 aliphatic rings. The van der Waals surface area contributed by atoms with Crippen LogP contribution in [0.2, 0.25) is 0 Å². The lowest BCUT2D eigenvalue weighted by Crippen LogP contribution is -2.58. The van der Waals surface area contributed by atoms with E-state index in [4.69, 9.17) is 0 Å². The number of likely N-dealkylation sites (tertiary alicyclic amines) is 2. The van der Waals surface area contributed by atoms with Crippen LogP contribution in [-0.2, 0) is 0 Å². The third kappa shape index (κ3) is 5.53. The summed E-state index contributed by atoms with van der Waals surface area (Å²) in [4.78, 5) is 5.16. The maximum absolute atomic E-state index is 9.60. The van der Waals surface area contributed by atoms with E-state index < -0.39 is 0 Å². The maximum Gasteiger partial charge on any atom is 0.109 e. The van der Waals surface area contributed by atoms with E-state index in [1.165, 1.54) is 51.9 Å². The number of rotatable bonds is 5. The summed E-state index contributed by atoms with van der Waals surface area (Å²) in [6.07, 6.45) is 7.35. The van der Waals surface area contributed by atoms with Gasteiger partial charge in [-0.1, -0.05) is 6.42 Å². The summed E-state index contributed by atoms with van der Waals surface area (Å²) in [6, 6.07) is 2.56. The lowest BCUT2D eigenvalue weighted by atomic mass is 9.86. The van der Waals surface area contributed by atoms with Crippen molar-refractivity contribution in [2.75, 3.05) is 39.3 Å². The van der Waals surface area contributed by atoms with Crippen LogP contribution in [0, 0.1) is 11.3 Å². The Labute approximate surface area is 138 Å². The molecule has 2 rings (SSSR count). The third-order valence-electron chi connectivity index (χ3n) is 4.94. The molecule has 0 aliphatic carbocycles. The van der Waals surface area contributed by atoms with Crippen molar-refractivity contribution in [2.24, 2.45) is 0 Å². The molecular formula is C18H36N4. The van der Waals surface area contributed by atoms with Gasteiger partial charge in [-0.3, -0.25) is 5.32 Å². The molecule has 2 saturated heterocycles. The van der Waals surface area contributed by atoms with Gasteiger partial charge in [0.1, 0.15) is 5.54 Å². The molecule has 1 N–H and O–H groups in total. The van der Waals surface area contributed by atoms with Gasteiger partial charge in [-0.2, -0.15) is 5.26 Å². The Morgan fingerprint density at radius 3 is 2.05 bits per heavy atom. The van der Waals surface area contributed by atoms with Gasteiger partial charge in [0, 0.05) is 20.1 Å². The van der Waals surface area contributed by atoms with Crippen LogP contribution in [0.1, 0.15) is 60.7 Å². The van der Waals surface area contributed by atoms with E-state index in [-0.39, 0.29) is 12.5 Å². The molecule has 2 aliphatic heterocycles. The van der Waals surface area contributed by atoms with Crippen molar-refractivity contribution in [3.8, 4) is 6.07 Å². The zero-order valence-corrected chi connectivity index (χ0v) is 14.8. The van der Waals surface area contributed by atoms with Crippen LogP contribution in [0.5, 0.6) is 0 Å². The highest BCUT2D eigenvalue weighted by molar-refractivity contribution is 5.11. The SMILES string of the molecule is CC(C)(C)NC1(C#N)CCN(CCCN2CCCCC2)CC1.[HH]. The molecule has 0 radical (unpaired) electrons. The van der Waals surface area contributed by atoms with E-state index in [0.29, 0.717) is 0 Å². The third-order valence-corrected chi connectivity index (χ3v) is 4.94. The topological polar surface area (TPSA) is 42.3 Å². The molecule has 0 bridgehead atoms. The van der Waals surface area contributed by atoms with E-state index in [1.54, 1.807) is 0 Å². The largest absolute Gasteiger partial charge is 0.303 e. The Morgan fingerprint density at radius 1 is 1.00 bits per heavy atom. The molecule has 0 aromatic carbocycles. The van der Waals surface area contributed by atoms with E-state index in [1.807, 2.05) is 0 Å². The minimum absolute atomic E-state index is 0. The predicted molar refractivity (Wildman–Crippen MR) is 93.9 cm³/mol. The second kappa shape index (κ2) is 7.77. The van der Waals surface area contributed by atoms with Crippen LogP contribution in [0.3, 0.4) is 0 Å². The molecule has 4 nitrogen and oxygen atoms in total. The van der Waals surface area contributed by atoms with Gasteiger partial charge in [-0.15, -0.1) is 0 Å². The minimum Gasteiger partial charge on any atom is -0.303 e. The smallest absolute Gasteiger partial charge is 0.109 e. The molecule has 0 saturated carbocycles. The molecule has 128 valence electrons. The van der Waals surface area contributed by atoms with Gasteiger partial charge in [-0.25, -0.2) is 0 Å². The zero-order chi connectivity index (χ0) is 16.1. The molecule has 0 aromatic heterocycles. The molecule has 0 spiro atoms. The second-order valence-corrected chi connectivity index (χ2v) is 8.17. The summed E-state index contributed by atoms with van der Waals surface area (Å²) < 4.78 is 0. The fourth-order valence-electron chi connectivity index (χ4n) is 3.84. The van der Waals surface area contributed by atoms with Crippen LogP contribution in [-0.4, -0.2) is 60.1 Å². The first-order valence-electron chi connectivity index (χ1n) is 9.08. The molecule has 2 fully saturated rings. The molecule has 0 atom stereocenters. The standard InChI is InChI=1S/C18H34N4.H2/c1-17(2,3)20-18(16-19)8-14-22(15-9-18)13-7-12-21-10-5-4-6-11-21;/h20H,4-15H2,1-3H3;1H. The number of nitriles is 1. The van der Waals surface area contributed by atoms with Crippen LogP contribution < -0.4 is 5.32 Å². The first-order chi connectivity index (χ1) is 10.4. The molecule has 0 aromatic rings. The van der Waals surface area contributed by atoms with Crippen molar-refractivity contribution in [1.29, 1.82) is 5.26 Å². The van der Waals surface area contributed by atoms with Crippen LogP contribution >= 0.6 is 0 Å². The van der Waals surface area contributed by atoms with Gasteiger partial charge in [-0.05, 0) is 79.1 Å². The van der Waals surface area contributed by atoms with Gasteiger partial charge < -0.3 is 9.80 Å². The number of hydrogen-bond donors (Lipinski definition) is 1. The first-order valence-corrected chi connectivity index (χ1v) is 9.08. The molecule has 22 heavy (non-hydrogen) atoms. The number of nitrogens with zero attached hydrogens (tertiary/aromatic N) is 3. The Morgan fingerprint density at radius 2 is 1.55 bits per heavy atom. The fraction of sp³-hybridized carbons (Fsp3) is 0.944. The van der Waals surface area contributed by atoms with E-state index in [2.05, 4.69) is 42.0 Å². The van der Waals surface area contributed by atoms with Gasteiger partial charge >= 0.3 is 0 Å². The summed E-state index contributed by atoms with van der Waals surface area (Å²) in [5.41, 5.74) is -0.312. The Bertz CT molecular complexity index is 371. The average molecular weight is 309 g/mol. The highest BCUT2D eigenvalue weighted by atomic mass is 15.2. The first kappa shape index (κ1) is 17.7. The number of hydrogen-bond acceptors (Lipinski definition) is 4. The van der Waals surface area contributed by atoms with Gasteiger partial charge in [0.05, 0.1) is 6.07 Å². The van der Waals surface area contributed by atoms with Crippen LogP contribution in [0.4, 0.5) is 0 Å². The summed E-state index contributed by atoms with van der Waals surface area (Å²) in [6.45, 7) is 13.6. The normalized spacial score (nSPS) is 24.1. The Kier molecular flexibility index (Phi) is 6.26. The number of nitrogens with one attached hydrogen (secondary N) is 1. The summed E-state index contributed by atoms with van der Waals surface area (Å²) >= 11 is 0. The predicted octanol–water partition coefficient (Wildman–Crippen LogP) is 2.85. The van der Waals surface area contributed by atoms with E-state index >= 15 is 0 Å². The van der Waals surface area contributed by atoms with Crippen LogP contribution in [0.15, 0.2) is 0 Å². The van der Waals surface area contributed by atoms with E-state index in [9.17, 15) is 5.26 Å². The summed E-state index contributed by atoms with van der Waals surface area (Å²) in [5.74, 6) is 0. The minimum atomic E-state index is -0.318. The highest BCUT2D eigenvalue weighted by Gasteiger charge is 2.37. The average Bonchev–Trinajstić information content (AvgIpc) is 2.49. The van der Waals surface area contributed by atoms with Crippen molar-refractivity contribution in [3.05, 3.63) is 0 Å². The summed E-state index contributed by atoms with van der Waals surface area (Å²) in [5, 5.41) is 13.2. The molecule has 4 heteroatoms. The van der Waals surface area contributed by atoms with Crippen LogP contribution in [0.25, 0.3) is 0 Å². The van der Waals surface area contributed by atoms with Crippen molar-refractivity contribution < 1.29 is 1.43 Å². The Hall–Kier alpha value is -0.630. The van der Waals surface area contributed by atoms with E-state index in [0.717, 1.165) is 25.9 Å².